The fourth-order valence-corrected chi connectivity index (χ4v) is 4.52. The predicted octanol–water partition coefficient (Wildman–Crippen LogP) is 5.34. The number of benzene rings is 1. The summed E-state index contributed by atoms with van der Waals surface area (Å²) in [5.41, 5.74) is 6.70. The van der Waals surface area contributed by atoms with E-state index in [4.69, 9.17) is 19.4 Å². The highest BCUT2D eigenvalue weighted by Crippen LogP contribution is 2.38. The minimum atomic E-state index is -0.525. The topological polar surface area (TPSA) is 144 Å². The van der Waals surface area contributed by atoms with Gasteiger partial charge in [0, 0.05) is 28.9 Å². The highest BCUT2D eigenvalue weighted by Gasteiger charge is 2.22. The fourth-order valence-electron chi connectivity index (χ4n) is 4.52. The van der Waals surface area contributed by atoms with Gasteiger partial charge in [0.05, 0.1) is 28.6 Å². The van der Waals surface area contributed by atoms with E-state index < -0.39 is 5.41 Å². The lowest BCUT2D eigenvalue weighted by molar-refractivity contribution is -0.123. The molecule has 1 aliphatic heterocycles. The van der Waals surface area contributed by atoms with E-state index in [1.807, 2.05) is 63.2 Å². The summed E-state index contributed by atoms with van der Waals surface area (Å²) in [6, 6.07) is 13.4. The SMILES string of the molecule is CC(C)(C)C(=O)Nc1cncc(-c2ccc3[nH]nc(-c4nc5nccc(-c6ccc7c(c6)OCO7)c5[nH]4)c3n2)c1. The van der Waals surface area contributed by atoms with E-state index in [0.717, 1.165) is 33.5 Å². The maximum atomic E-state index is 12.5. The van der Waals surface area contributed by atoms with Crippen LogP contribution in [0.5, 0.6) is 11.5 Å². The number of hydrogen-bond donors (Lipinski definition) is 3. The van der Waals surface area contributed by atoms with Gasteiger partial charge in [0.15, 0.2) is 28.7 Å². The summed E-state index contributed by atoms with van der Waals surface area (Å²) in [4.78, 5) is 34.3. The van der Waals surface area contributed by atoms with Crippen LogP contribution in [0.4, 0.5) is 5.69 Å². The molecule has 1 aliphatic rings. The summed E-state index contributed by atoms with van der Waals surface area (Å²) in [5.74, 6) is 1.87. The van der Waals surface area contributed by atoms with Gasteiger partial charge in [-0.25, -0.2) is 15.0 Å². The van der Waals surface area contributed by atoms with Crippen LogP contribution >= 0.6 is 0 Å². The molecule has 40 heavy (non-hydrogen) atoms. The minimum Gasteiger partial charge on any atom is -0.454 e. The van der Waals surface area contributed by atoms with Crippen molar-refractivity contribution in [1.29, 1.82) is 0 Å². The van der Waals surface area contributed by atoms with Crippen molar-refractivity contribution in [2.24, 2.45) is 5.41 Å². The molecule has 5 aromatic heterocycles. The number of anilines is 1. The van der Waals surface area contributed by atoms with Crippen molar-refractivity contribution in [3.63, 3.8) is 0 Å². The summed E-state index contributed by atoms with van der Waals surface area (Å²) >= 11 is 0. The third-order valence-electron chi connectivity index (χ3n) is 6.68. The quantitative estimate of drug-likeness (QED) is 0.276. The zero-order valence-corrected chi connectivity index (χ0v) is 21.9. The van der Waals surface area contributed by atoms with Crippen molar-refractivity contribution >= 4 is 33.8 Å². The van der Waals surface area contributed by atoms with Crippen molar-refractivity contribution in [3.8, 4) is 45.4 Å². The summed E-state index contributed by atoms with van der Waals surface area (Å²) < 4.78 is 11.0. The molecule has 0 fully saturated rings. The molecule has 198 valence electrons. The fraction of sp³-hybridized carbons (Fsp3) is 0.172. The van der Waals surface area contributed by atoms with Crippen LogP contribution in [0.15, 0.2) is 61.1 Å². The number of amides is 1. The van der Waals surface area contributed by atoms with Crippen LogP contribution in [0.3, 0.4) is 0 Å². The number of ether oxygens (including phenoxy) is 2. The first kappa shape index (κ1) is 23.8. The first-order valence-electron chi connectivity index (χ1n) is 12.7. The number of nitrogens with one attached hydrogen (secondary N) is 3. The van der Waals surface area contributed by atoms with E-state index in [1.165, 1.54) is 0 Å². The number of nitrogens with zero attached hydrogens (tertiary/aromatic N) is 5. The molecule has 0 radical (unpaired) electrons. The van der Waals surface area contributed by atoms with Crippen LogP contribution in [0.2, 0.25) is 0 Å². The Balaban J connectivity index is 1.27. The lowest BCUT2D eigenvalue weighted by Gasteiger charge is -2.17. The lowest BCUT2D eigenvalue weighted by atomic mass is 9.95. The number of carbonyl (C=O) groups is 1. The molecule has 11 heteroatoms. The van der Waals surface area contributed by atoms with Gasteiger partial charge in [-0.3, -0.25) is 14.9 Å². The smallest absolute Gasteiger partial charge is 0.231 e. The molecule has 6 aromatic rings. The van der Waals surface area contributed by atoms with E-state index in [9.17, 15) is 4.79 Å². The monoisotopic (exact) mass is 532 g/mol. The lowest BCUT2D eigenvalue weighted by Crippen LogP contribution is -2.27. The second-order valence-corrected chi connectivity index (χ2v) is 10.5. The number of carbonyl (C=O) groups excluding carboxylic acids is 1. The van der Waals surface area contributed by atoms with Crippen LogP contribution in [0.1, 0.15) is 20.8 Å². The van der Waals surface area contributed by atoms with Crippen molar-refractivity contribution in [2.75, 3.05) is 12.1 Å². The van der Waals surface area contributed by atoms with Crippen molar-refractivity contribution in [1.82, 2.24) is 35.1 Å². The Morgan fingerprint density at radius 3 is 2.73 bits per heavy atom. The van der Waals surface area contributed by atoms with E-state index in [1.54, 1.807) is 18.6 Å². The first-order chi connectivity index (χ1) is 19.3. The largest absolute Gasteiger partial charge is 0.454 e. The van der Waals surface area contributed by atoms with Gasteiger partial charge in [-0.15, -0.1) is 0 Å². The van der Waals surface area contributed by atoms with Crippen LogP contribution in [0, 0.1) is 5.41 Å². The zero-order valence-electron chi connectivity index (χ0n) is 21.9. The molecule has 6 heterocycles. The van der Waals surface area contributed by atoms with Crippen LogP contribution in [-0.2, 0) is 4.79 Å². The molecule has 0 unspecified atom stereocenters. The normalized spacial score (nSPS) is 12.8. The molecule has 0 aliphatic carbocycles. The number of imidazole rings is 1. The number of aromatic nitrogens is 7. The molecule has 11 nitrogen and oxygen atoms in total. The van der Waals surface area contributed by atoms with Crippen LogP contribution < -0.4 is 14.8 Å². The van der Waals surface area contributed by atoms with Crippen molar-refractivity contribution < 1.29 is 14.3 Å². The third-order valence-corrected chi connectivity index (χ3v) is 6.68. The van der Waals surface area contributed by atoms with E-state index in [2.05, 4.69) is 30.5 Å². The van der Waals surface area contributed by atoms with Crippen molar-refractivity contribution in [2.45, 2.75) is 20.8 Å². The summed E-state index contributed by atoms with van der Waals surface area (Å²) in [6.07, 6.45) is 5.06. The molecular weight excluding hydrogens is 508 g/mol. The molecule has 0 spiro atoms. The zero-order chi connectivity index (χ0) is 27.4. The van der Waals surface area contributed by atoms with Gasteiger partial charge < -0.3 is 19.8 Å². The first-order valence-corrected chi connectivity index (χ1v) is 12.7. The molecule has 7 rings (SSSR count). The number of pyridine rings is 3. The van der Waals surface area contributed by atoms with Gasteiger partial charge in [-0.2, -0.15) is 5.10 Å². The van der Waals surface area contributed by atoms with E-state index in [0.29, 0.717) is 39.8 Å². The maximum absolute atomic E-state index is 12.5. The van der Waals surface area contributed by atoms with Gasteiger partial charge in [0.2, 0.25) is 12.7 Å². The Kier molecular flexibility index (Phi) is 5.27. The van der Waals surface area contributed by atoms with Crippen LogP contribution in [-0.4, -0.2) is 47.8 Å². The second kappa shape index (κ2) is 8.87. The third kappa shape index (κ3) is 4.08. The molecule has 0 saturated carbocycles. The number of fused-ring (bicyclic) bond motifs is 3. The van der Waals surface area contributed by atoms with Crippen molar-refractivity contribution in [3.05, 3.63) is 61.1 Å². The van der Waals surface area contributed by atoms with E-state index in [-0.39, 0.29) is 12.7 Å². The Bertz CT molecular complexity index is 1940. The molecule has 3 N–H and O–H groups in total. The molecule has 1 aromatic carbocycles. The Hall–Kier alpha value is -5.32. The number of H-pyrrole nitrogens is 2. The second-order valence-electron chi connectivity index (χ2n) is 10.5. The van der Waals surface area contributed by atoms with E-state index >= 15 is 0 Å². The highest BCUT2D eigenvalue weighted by molar-refractivity contribution is 5.96. The summed E-state index contributed by atoms with van der Waals surface area (Å²) in [6.45, 7) is 5.80. The molecule has 0 bridgehead atoms. The Labute approximate surface area is 228 Å². The number of rotatable bonds is 4. The number of hydrogen-bond acceptors (Lipinski definition) is 8. The molecule has 1 amide bonds. The average Bonchev–Trinajstić information content (AvgIpc) is 3.69. The molecule has 0 saturated heterocycles. The van der Waals surface area contributed by atoms with Crippen LogP contribution in [0.25, 0.3) is 56.1 Å². The standard InChI is InChI=1S/C29H24N8O3/c1-29(2,3)28(38)32-17-10-16(12-30-13-17)19-5-6-20-24(33-19)25(37-36-20)27-34-23-18(8-9-31-26(23)35-27)15-4-7-21-22(11-15)40-14-39-21/h4-13H,14H2,1-3H3,(H,32,38)(H,36,37)(H,31,34,35). The average molecular weight is 533 g/mol. The molecular formula is C29H24N8O3. The maximum Gasteiger partial charge on any atom is 0.231 e. The Morgan fingerprint density at radius 1 is 0.975 bits per heavy atom. The molecule has 0 atom stereocenters. The summed E-state index contributed by atoms with van der Waals surface area (Å²) in [7, 11) is 0. The Morgan fingerprint density at radius 2 is 1.85 bits per heavy atom. The predicted molar refractivity (Wildman–Crippen MR) is 150 cm³/mol. The number of aromatic amines is 2. The van der Waals surface area contributed by atoms with Gasteiger partial charge >= 0.3 is 0 Å². The highest BCUT2D eigenvalue weighted by atomic mass is 16.7. The summed E-state index contributed by atoms with van der Waals surface area (Å²) in [5, 5.41) is 10.5. The van der Waals surface area contributed by atoms with Gasteiger partial charge in [0.1, 0.15) is 5.52 Å². The van der Waals surface area contributed by atoms with Gasteiger partial charge in [0.25, 0.3) is 0 Å². The van der Waals surface area contributed by atoms with Gasteiger partial charge in [-0.05, 0) is 42.0 Å². The minimum absolute atomic E-state index is 0.0920. The van der Waals surface area contributed by atoms with Gasteiger partial charge in [-0.1, -0.05) is 26.8 Å².